The molecule has 1 aromatic carbocycles. The number of sulfonamides is 1. The Morgan fingerprint density at radius 3 is 2.70 bits per heavy atom. The molecule has 112 valence electrons. The molecule has 20 heavy (non-hydrogen) atoms. The number of hydrogen-bond acceptors (Lipinski definition) is 4. The summed E-state index contributed by atoms with van der Waals surface area (Å²) in [5.74, 6) is 0.148. The second kappa shape index (κ2) is 5.75. The van der Waals surface area contributed by atoms with E-state index in [9.17, 15) is 16.8 Å². The van der Waals surface area contributed by atoms with Crippen LogP contribution in [0, 0.1) is 6.92 Å². The lowest BCUT2D eigenvalue weighted by Crippen LogP contribution is -2.34. The van der Waals surface area contributed by atoms with E-state index in [2.05, 4.69) is 20.7 Å². The molecule has 0 aromatic heterocycles. The van der Waals surface area contributed by atoms with Gasteiger partial charge in [-0.15, -0.1) is 0 Å². The van der Waals surface area contributed by atoms with Gasteiger partial charge in [0.1, 0.15) is 0 Å². The maximum atomic E-state index is 12.2. The van der Waals surface area contributed by atoms with Gasteiger partial charge in [0, 0.05) is 11.0 Å². The van der Waals surface area contributed by atoms with Crippen LogP contribution in [0.5, 0.6) is 0 Å². The molecule has 1 atom stereocenters. The van der Waals surface area contributed by atoms with E-state index in [1.807, 2.05) is 0 Å². The molecule has 0 saturated carbocycles. The number of sulfone groups is 1. The maximum Gasteiger partial charge on any atom is 0.240 e. The molecule has 1 unspecified atom stereocenters. The van der Waals surface area contributed by atoms with Crippen molar-refractivity contribution in [2.45, 2.75) is 29.9 Å². The lowest BCUT2D eigenvalue weighted by atomic mass is 10.2. The summed E-state index contributed by atoms with van der Waals surface area (Å²) in [6, 6.07) is 4.97. The Kier molecular flexibility index (Phi) is 4.58. The fourth-order valence-electron chi connectivity index (χ4n) is 2.23. The summed E-state index contributed by atoms with van der Waals surface area (Å²) in [4.78, 5) is 0.169. The minimum atomic E-state index is -3.70. The van der Waals surface area contributed by atoms with Crippen LogP contribution >= 0.6 is 15.9 Å². The molecule has 8 heteroatoms. The average Bonchev–Trinajstić information content (AvgIpc) is 2.69. The molecule has 1 fully saturated rings. The quantitative estimate of drug-likeness (QED) is 0.858. The first-order chi connectivity index (χ1) is 9.22. The van der Waals surface area contributed by atoms with Crippen molar-refractivity contribution in [2.24, 2.45) is 0 Å². The van der Waals surface area contributed by atoms with Gasteiger partial charge in [0.25, 0.3) is 0 Å². The van der Waals surface area contributed by atoms with Crippen LogP contribution in [0.25, 0.3) is 0 Å². The predicted molar refractivity (Wildman–Crippen MR) is 80.9 cm³/mol. The van der Waals surface area contributed by atoms with E-state index < -0.39 is 25.1 Å². The number of hydrogen-bond donors (Lipinski definition) is 1. The van der Waals surface area contributed by atoms with Crippen molar-refractivity contribution in [3.05, 3.63) is 28.2 Å². The first-order valence-corrected chi connectivity index (χ1v) is 10.2. The largest absolute Gasteiger partial charge is 0.240 e. The van der Waals surface area contributed by atoms with Crippen LogP contribution in [0.1, 0.15) is 18.4 Å². The van der Waals surface area contributed by atoms with Gasteiger partial charge in [-0.3, -0.25) is 0 Å². The van der Waals surface area contributed by atoms with E-state index >= 15 is 0 Å². The van der Waals surface area contributed by atoms with Crippen molar-refractivity contribution >= 4 is 35.8 Å². The average molecular weight is 382 g/mol. The van der Waals surface area contributed by atoms with E-state index in [0.717, 1.165) is 0 Å². The van der Waals surface area contributed by atoms with Crippen molar-refractivity contribution in [1.82, 2.24) is 4.72 Å². The molecule has 0 bridgehead atoms. The number of halogens is 1. The van der Waals surface area contributed by atoms with Gasteiger partial charge in [-0.1, -0.05) is 22.0 Å². The molecule has 5 nitrogen and oxygen atoms in total. The van der Waals surface area contributed by atoms with Crippen LogP contribution in [0.4, 0.5) is 0 Å². The molecule has 1 aromatic rings. The summed E-state index contributed by atoms with van der Waals surface area (Å²) in [6.07, 6.45) is 1.12. The van der Waals surface area contributed by atoms with Gasteiger partial charge in [0.2, 0.25) is 10.0 Å². The van der Waals surface area contributed by atoms with E-state index in [4.69, 9.17) is 0 Å². The Hall–Kier alpha value is -0.440. The van der Waals surface area contributed by atoms with Gasteiger partial charge >= 0.3 is 0 Å². The van der Waals surface area contributed by atoms with Crippen LogP contribution in [0.15, 0.2) is 27.6 Å². The van der Waals surface area contributed by atoms with Crippen molar-refractivity contribution in [1.29, 1.82) is 0 Å². The second-order valence-corrected chi connectivity index (χ2v) is 9.94. The molecule has 2 rings (SSSR count). The summed E-state index contributed by atoms with van der Waals surface area (Å²) in [5, 5.41) is -0.607. The molecule has 0 radical (unpaired) electrons. The highest BCUT2D eigenvalue weighted by atomic mass is 79.9. The zero-order chi connectivity index (χ0) is 15.0. The van der Waals surface area contributed by atoms with Crippen LogP contribution in [-0.2, 0) is 19.9 Å². The highest BCUT2D eigenvalue weighted by molar-refractivity contribution is 9.10. The van der Waals surface area contributed by atoms with Gasteiger partial charge in [0.05, 0.1) is 15.9 Å². The number of benzene rings is 1. The van der Waals surface area contributed by atoms with Crippen LogP contribution in [-0.4, -0.2) is 34.4 Å². The van der Waals surface area contributed by atoms with Crippen molar-refractivity contribution < 1.29 is 16.8 Å². The number of nitrogens with one attached hydrogen (secondary N) is 1. The predicted octanol–water partition coefficient (Wildman–Crippen LogP) is 1.61. The van der Waals surface area contributed by atoms with Crippen LogP contribution < -0.4 is 4.72 Å². The standard InChI is InChI=1S/C12H16BrNO4S2/c1-9-4-5-10(13)7-12(9)20(17,18)14-8-11-3-2-6-19(11,15)16/h4-5,7,11,14H,2-3,6,8H2,1H3. The topological polar surface area (TPSA) is 80.3 Å². The zero-order valence-corrected chi connectivity index (χ0v) is 14.2. The number of aryl methyl sites for hydroxylation is 1. The van der Waals surface area contributed by atoms with Gasteiger partial charge in [-0.25, -0.2) is 21.6 Å². The van der Waals surface area contributed by atoms with E-state index in [1.165, 1.54) is 6.07 Å². The third kappa shape index (κ3) is 3.41. The third-order valence-corrected chi connectivity index (χ3v) is 7.74. The fraction of sp³-hybridized carbons (Fsp3) is 0.500. The molecule has 1 heterocycles. The first-order valence-electron chi connectivity index (χ1n) is 6.20. The molecule has 0 aliphatic carbocycles. The minimum absolute atomic E-state index is 0.0589. The van der Waals surface area contributed by atoms with Gasteiger partial charge in [-0.05, 0) is 37.5 Å². The molecular weight excluding hydrogens is 366 g/mol. The summed E-state index contributed by atoms with van der Waals surface area (Å²) in [6.45, 7) is 1.64. The Balaban J connectivity index is 2.18. The SMILES string of the molecule is Cc1ccc(Br)cc1S(=O)(=O)NCC1CCCS1(=O)=O. The third-order valence-electron chi connectivity index (χ3n) is 3.40. The summed E-state index contributed by atoms with van der Waals surface area (Å²) >= 11 is 3.24. The van der Waals surface area contributed by atoms with Gasteiger partial charge < -0.3 is 0 Å². The van der Waals surface area contributed by atoms with Gasteiger partial charge in [-0.2, -0.15) is 0 Å². The Morgan fingerprint density at radius 2 is 2.10 bits per heavy atom. The van der Waals surface area contributed by atoms with Crippen LogP contribution in [0.2, 0.25) is 0 Å². The lowest BCUT2D eigenvalue weighted by Gasteiger charge is -2.13. The van der Waals surface area contributed by atoms with Crippen molar-refractivity contribution in [3.8, 4) is 0 Å². The lowest BCUT2D eigenvalue weighted by molar-refractivity contribution is 0.570. The highest BCUT2D eigenvalue weighted by Gasteiger charge is 2.32. The second-order valence-electron chi connectivity index (χ2n) is 4.89. The van der Waals surface area contributed by atoms with E-state index in [-0.39, 0.29) is 17.2 Å². The molecular formula is C12H16BrNO4S2. The Bertz CT molecular complexity index is 713. The van der Waals surface area contributed by atoms with E-state index in [1.54, 1.807) is 19.1 Å². The van der Waals surface area contributed by atoms with Gasteiger partial charge in [0.15, 0.2) is 9.84 Å². The zero-order valence-electron chi connectivity index (χ0n) is 11.0. The smallest absolute Gasteiger partial charge is 0.229 e. The summed E-state index contributed by atoms with van der Waals surface area (Å²) in [7, 11) is -6.84. The highest BCUT2D eigenvalue weighted by Crippen LogP contribution is 2.22. The molecule has 1 aliphatic heterocycles. The Labute approximate surface area is 127 Å². The molecule has 1 saturated heterocycles. The fourth-order valence-corrected chi connectivity index (χ4v) is 5.96. The molecule has 0 spiro atoms. The van der Waals surface area contributed by atoms with Crippen molar-refractivity contribution in [3.63, 3.8) is 0 Å². The first kappa shape index (κ1) is 15.9. The van der Waals surface area contributed by atoms with Crippen LogP contribution in [0.3, 0.4) is 0 Å². The summed E-state index contributed by atoms with van der Waals surface area (Å²) in [5.41, 5.74) is 0.620. The van der Waals surface area contributed by atoms with E-state index in [0.29, 0.717) is 22.9 Å². The monoisotopic (exact) mass is 381 g/mol. The number of rotatable bonds is 4. The Morgan fingerprint density at radius 1 is 1.40 bits per heavy atom. The molecule has 1 N–H and O–H groups in total. The summed E-state index contributed by atoms with van der Waals surface area (Å²) < 4.78 is 51.0. The minimum Gasteiger partial charge on any atom is -0.229 e. The molecule has 1 aliphatic rings. The maximum absolute atomic E-state index is 12.2. The normalized spacial score (nSPS) is 22.0. The molecule has 0 amide bonds. The van der Waals surface area contributed by atoms with Crippen molar-refractivity contribution in [2.75, 3.05) is 12.3 Å².